The van der Waals surface area contributed by atoms with Crippen LogP contribution in [0.1, 0.15) is 19.3 Å². The van der Waals surface area contributed by atoms with Gasteiger partial charge in [-0.25, -0.2) is 9.59 Å². The highest BCUT2D eigenvalue weighted by molar-refractivity contribution is 5.83. The van der Waals surface area contributed by atoms with Crippen molar-refractivity contribution in [2.24, 2.45) is 5.73 Å². The topological polar surface area (TPSA) is 122 Å². The number of likely N-dealkylation sites (tertiary alicyclic amines) is 1. The minimum Gasteiger partial charge on any atom is -0.480 e. The first-order chi connectivity index (χ1) is 8.93. The van der Waals surface area contributed by atoms with Crippen LogP contribution < -0.4 is 11.1 Å². The maximum atomic E-state index is 11.8. The standard InChI is InChI=1S/C11H19N3O5/c1-19-7-4-5-14(6-7)11(18)13-8(10(16)17)2-3-9(12)15/h7-8H,2-6H2,1H3,(H2,12,15)(H,13,18)(H,16,17)/t7?,8-/m0/s1. The molecule has 1 fully saturated rings. The van der Waals surface area contributed by atoms with Gasteiger partial charge in [0.1, 0.15) is 6.04 Å². The second-order valence-corrected chi connectivity index (χ2v) is 4.44. The Morgan fingerprint density at radius 2 is 2.21 bits per heavy atom. The molecule has 1 rings (SSSR count). The number of carboxylic acids is 1. The highest BCUT2D eigenvalue weighted by Crippen LogP contribution is 2.12. The predicted octanol–water partition coefficient (Wildman–Crippen LogP) is -0.865. The number of nitrogens with two attached hydrogens (primary N) is 1. The average Bonchev–Trinajstić information content (AvgIpc) is 2.82. The number of primary amides is 1. The molecule has 2 atom stereocenters. The number of carbonyl (C=O) groups is 3. The lowest BCUT2D eigenvalue weighted by Gasteiger charge is -2.20. The summed E-state index contributed by atoms with van der Waals surface area (Å²) in [7, 11) is 1.57. The number of ether oxygens (including phenoxy) is 1. The molecule has 1 saturated heterocycles. The number of amides is 3. The average molecular weight is 273 g/mol. The smallest absolute Gasteiger partial charge is 0.326 e. The van der Waals surface area contributed by atoms with Gasteiger partial charge in [0, 0.05) is 26.6 Å². The van der Waals surface area contributed by atoms with E-state index in [1.165, 1.54) is 4.90 Å². The van der Waals surface area contributed by atoms with Gasteiger partial charge in [-0.3, -0.25) is 4.79 Å². The molecular formula is C11H19N3O5. The zero-order valence-electron chi connectivity index (χ0n) is 10.8. The number of carbonyl (C=O) groups excluding carboxylic acids is 2. The van der Waals surface area contributed by atoms with Crippen molar-refractivity contribution < 1.29 is 24.2 Å². The summed E-state index contributed by atoms with van der Waals surface area (Å²) < 4.78 is 5.12. The molecule has 1 aliphatic heterocycles. The number of urea groups is 1. The minimum atomic E-state index is -1.18. The highest BCUT2D eigenvalue weighted by Gasteiger charge is 2.29. The first-order valence-corrected chi connectivity index (χ1v) is 6.03. The van der Waals surface area contributed by atoms with Crippen molar-refractivity contribution in [3.8, 4) is 0 Å². The van der Waals surface area contributed by atoms with Gasteiger partial charge >= 0.3 is 12.0 Å². The summed E-state index contributed by atoms with van der Waals surface area (Å²) in [6.07, 6.45) is 0.610. The van der Waals surface area contributed by atoms with E-state index in [1.54, 1.807) is 7.11 Å². The van der Waals surface area contributed by atoms with Crippen molar-refractivity contribution in [1.29, 1.82) is 0 Å². The Labute approximate surface area is 110 Å². The SMILES string of the molecule is COC1CCN(C(=O)N[C@@H](CCC(N)=O)C(=O)O)C1. The molecule has 19 heavy (non-hydrogen) atoms. The maximum absolute atomic E-state index is 11.8. The first-order valence-electron chi connectivity index (χ1n) is 6.03. The van der Waals surface area contributed by atoms with E-state index in [4.69, 9.17) is 15.6 Å². The Kier molecular flexibility index (Phi) is 5.56. The van der Waals surface area contributed by atoms with Crippen molar-refractivity contribution in [2.45, 2.75) is 31.4 Å². The number of nitrogens with zero attached hydrogens (tertiary/aromatic N) is 1. The number of aliphatic carboxylic acids is 1. The lowest BCUT2D eigenvalue weighted by Crippen LogP contribution is -2.47. The van der Waals surface area contributed by atoms with Gasteiger partial charge in [0.2, 0.25) is 5.91 Å². The fourth-order valence-electron chi connectivity index (χ4n) is 1.89. The lowest BCUT2D eigenvalue weighted by atomic mass is 10.1. The summed E-state index contributed by atoms with van der Waals surface area (Å²) in [5.41, 5.74) is 4.96. The Balaban J connectivity index is 2.47. The van der Waals surface area contributed by atoms with Crippen molar-refractivity contribution in [2.75, 3.05) is 20.2 Å². The maximum Gasteiger partial charge on any atom is 0.326 e. The molecule has 8 heteroatoms. The molecule has 4 N–H and O–H groups in total. The Morgan fingerprint density at radius 1 is 1.53 bits per heavy atom. The summed E-state index contributed by atoms with van der Waals surface area (Å²) in [6, 6.07) is -1.57. The van der Waals surface area contributed by atoms with Gasteiger partial charge < -0.3 is 25.8 Å². The molecule has 0 aromatic carbocycles. The van der Waals surface area contributed by atoms with Gasteiger partial charge in [-0.2, -0.15) is 0 Å². The van der Waals surface area contributed by atoms with Gasteiger partial charge in [0.05, 0.1) is 6.10 Å². The summed E-state index contributed by atoms with van der Waals surface area (Å²) in [4.78, 5) is 35.0. The van der Waals surface area contributed by atoms with Gasteiger partial charge in [0.15, 0.2) is 0 Å². The van der Waals surface area contributed by atoms with Crippen LogP contribution in [0.2, 0.25) is 0 Å². The van der Waals surface area contributed by atoms with Gasteiger partial charge in [-0.15, -0.1) is 0 Å². The molecule has 1 heterocycles. The van der Waals surface area contributed by atoms with Crippen LogP contribution in [0, 0.1) is 0 Å². The third-order valence-corrected chi connectivity index (χ3v) is 3.04. The van der Waals surface area contributed by atoms with Crippen LogP contribution in [0.15, 0.2) is 0 Å². The van der Waals surface area contributed by atoms with Crippen molar-refractivity contribution in [1.82, 2.24) is 10.2 Å². The number of hydrogen-bond donors (Lipinski definition) is 3. The van der Waals surface area contributed by atoms with Gasteiger partial charge in [-0.05, 0) is 12.8 Å². The molecule has 0 spiro atoms. The fraction of sp³-hybridized carbons (Fsp3) is 0.727. The molecule has 108 valence electrons. The molecule has 0 aromatic rings. The van der Waals surface area contributed by atoms with E-state index in [-0.39, 0.29) is 18.9 Å². The van der Waals surface area contributed by atoms with Crippen LogP contribution in [0.5, 0.6) is 0 Å². The first kappa shape index (κ1) is 15.2. The predicted molar refractivity (Wildman–Crippen MR) is 65.4 cm³/mol. The summed E-state index contributed by atoms with van der Waals surface area (Å²) >= 11 is 0. The van der Waals surface area contributed by atoms with E-state index < -0.39 is 23.9 Å². The number of hydrogen-bond acceptors (Lipinski definition) is 4. The van der Waals surface area contributed by atoms with Crippen LogP contribution in [0.4, 0.5) is 4.79 Å². The quantitative estimate of drug-likeness (QED) is 0.581. The van der Waals surface area contributed by atoms with Crippen molar-refractivity contribution >= 4 is 17.9 Å². The molecule has 1 unspecified atom stereocenters. The van der Waals surface area contributed by atoms with Crippen molar-refractivity contribution in [3.05, 3.63) is 0 Å². The molecule has 0 aromatic heterocycles. The third kappa shape index (κ3) is 4.74. The Morgan fingerprint density at radius 3 is 2.68 bits per heavy atom. The van der Waals surface area contributed by atoms with Crippen LogP contribution in [0.3, 0.4) is 0 Å². The second kappa shape index (κ2) is 6.93. The van der Waals surface area contributed by atoms with E-state index >= 15 is 0 Å². The van der Waals surface area contributed by atoms with Gasteiger partial charge in [-0.1, -0.05) is 0 Å². The molecule has 0 bridgehead atoms. The van der Waals surface area contributed by atoms with E-state index in [2.05, 4.69) is 5.32 Å². The molecule has 0 aliphatic carbocycles. The van der Waals surface area contributed by atoms with Crippen LogP contribution in [-0.2, 0) is 14.3 Å². The molecule has 8 nitrogen and oxygen atoms in total. The summed E-state index contributed by atoms with van der Waals surface area (Å²) in [5.74, 6) is -1.78. The molecular weight excluding hydrogens is 254 g/mol. The lowest BCUT2D eigenvalue weighted by molar-refractivity contribution is -0.139. The Bertz CT molecular complexity index is 360. The van der Waals surface area contributed by atoms with E-state index in [1.807, 2.05) is 0 Å². The monoisotopic (exact) mass is 273 g/mol. The molecule has 0 radical (unpaired) electrons. The van der Waals surface area contributed by atoms with Crippen LogP contribution in [-0.4, -0.2) is 60.3 Å². The number of nitrogens with one attached hydrogen (secondary N) is 1. The van der Waals surface area contributed by atoms with E-state index in [0.717, 1.165) is 6.42 Å². The molecule has 1 aliphatic rings. The normalized spacial score (nSPS) is 20.1. The molecule has 0 saturated carbocycles. The summed E-state index contributed by atoms with van der Waals surface area (Å²) in [6.45, 7) is 0.955. The zero-order chi connectivity index (χ0) is 14.4. The zero-order valence-corrected chi connectivity index (χ0v) is 10.8. The number of rotatable bonds is 6. The summed E-state index contributed by atoms with van der Waals surface area (Å²) in [5, 5.41) is 11.3. The number of methoxy groups -OCH3 is 1. The third-order valence-electron chi connectivity index (χ3n) is 3.04. The van der Waals surface area contributed by atoms with Gasteiger partial charge in [0.25, 0.3) is 0 Å². The fourth-order valence-corrected chi connectivity index (χ4v) is 1.89. The Hall–Kier alpha value is -1.83. The van der Waals surface area contributed by atoms with Crippen LogP contribution >= 0.6 is 0 Å². The van der Waals surface area contributed by atoms with Crippen molar-refractivity contribution in [3.63, 3.8) is 0 Å². The van der Waals surface area contributed by atoms with Crippen LogP contribution in [0.25, 0.3) is 0 Å². The highest BCUT2D eigenvalue weighted by atomic mass is 16.5. The second-order valence-electron chi connectivity index (χ2n) is 4.44. The minimum absolute atomic E-state index is 0.0142. The molecule has 3 amide bonds. The van der Waals surface area contributed by atoms with E-state index in [0.29, 0.717) is 13.1 Å². The largest absolute Gasteiger partial charge is 0.480 e. The van der Waals surface area contributed by atoms with E-state index in [9.17, 15) is 14.4 Å². The number of carboxylic acid groups (broad SMARTS) is 1.